The number of halogens is 1. The number of hydrogen-bond donors (Lipinski definition) is 1. The number of hydrogen-bond acceptors (Lipinski definition) is 4. The molecule has 0 fully saturated rings. The van der Waals surface area contributed by atoms with Gasteiger partial charge in [0.1, 0.15) is 5.82 Å². The number of nitrogen functional groups attached to an aromatic ring is 1. The summed E-state index contributed by atoms with van der Waals surface area (Å²) in [5.74, 6) is 0.518. The Morgan fingerprint density at radius 1 is 1.24 bits per heavy atom. The number of anilines is 1. The zero-order chi connectivity index (χ0) is 12.3. The van der Waals surface area contributed by atoms with Crippen LogP contribution in [0.3, 0.4) is 0 Å². The first-order valence-electron chi connectivity index (χ1n) is 5.13. The average Bonchev–Trinajstić information content (AvgIpc) is 2.34. The van der Waals surface area contributed by atoms with E-state index in [4.69, 9.17) is 5.73 Å². The normalized spacial score (nSPS) is 10.5. The van der Waals surface area contributed by atoms with Gasteiger partial charge in [0.15, 0.2) is 11.6 Å². The Morgan fingerprint density at radius 3 is 2.59 bits per heavy atom. The van der Waals surface area contributed by atoms with Crippen molar-refractivity contribution in [2.75, 3.05) is 5.73 Å². The average molecular weight is 249 g/mol. The van der Waals surface area contributed by atoms with E-state index >= 15 is 0 Å². The minimum Gasteiger partial charge on any atom is -0.381 e. The quantitative estimate of drug-likeness (QED) is 0.850. The number of nitrogens with zero attached hydrogens (tertiary/aromatic N) is 2. The zero-order valence-electron chi connectivity index (χ0n) is 9.35. The molecule has 0 amide bonds. The fraction of sp³-hybridized carbons (Fsp3) is 0.167. The number of benzene rings is 1. The molecule has 0 aliphatic carbocycles. The molecule has 0 saturated carbocycles. The lowest BCUT2D eigenvalue weighted by atomic mass is 10.4. The third-order valence-electron chi connectivity index (χ3n) is 2.20. The molecule has 0 unspecified atom stereocenters. The fourth-order valence-corrected chi connectivity index (χ4v) is 2.14. The van der Waals surface area contributed by atoms with Crippen LogP contribution in [0.25, 0.3) is 0 Å². The minimum atomic E-state index is -0.529. The topological polar surface area (TPSA) is 51.8 Å². The van der Waals surface area contributed by atoms with Gasteiger partial charge in [0, 0.05) is 4.90 Å². The summed E-state index contributed by atoms with van der Waals surface area (Å²) in [5.41, 5.74) is 5.75. The predicted octanol–water partition coefficient (Wildman–Crippen LogP) is 2.80. The molecule has 1 aromatic carbocycles. The van der Waals surface area contributed by atoms with Crippen LogP contribution < -0.4 is 5.73 Å². The predicted molar refractivity (Wildman–Crippen MR) is 67.1 cm³/mol. The molecule has 0 spiro atoms. The molecule has 0 radical (unpaired) electrons. The van der Waals surface area contributed by atoms with Crippen LogP contribution in [0.5, 0.6) is 0 Å². The number of nitrogens with two attached hydrogens (primary N) is 1. The van der Waals surface area contributed by atoms with Crippen LogP contribution in [0.4, 0.5) is 10.2 Å². The van der Waals surface area contributed by atoms with Crippen molar-refractivity contribution in [1.82, 2.24) is 9.97 Å². The third-order valence-corrected chi connectivity index (χ3v) is 3.21. The molecule has 0 aliphatic heterocycles. The monoisotopic (exact) mass is 249 g/mol. The zero-order valence-corrected chi connectivity index (χ0v) is 10.2. The smallest absolute Gasteiger partial charge is 0.186 e. The molecule has 5 heteroatoms. The van der Waals surface area contributed by atoms with E-state index in [-0.39, 0.29) is 5.82 Å². The molecule has 0 bridgehead atoms. The van der Waals surface area contributed by atoms with Gasteiger partial charge in [0.2, 0.25) is 0 Å². The molecular weight excluding hydrogens is 237 g/mol. The summed E-state index contributed by atoms with van der Waals surface area (Å²) in [5, 5.41) is 0. The van der Waals surface area contributed by atoms with E-state index in [1.807, 2.05) is 30.3 Å². The van der Waals surface area contributed by atoms with Gasteiger partial charge in [-0.1, -0.05) is 18.2 Å². The van der Waals surface area contributed by atoms with Gasteiger partial charge in [-0.15, -0.1) is 11.8 Å². The van der Waals surface area contributed by atoms with E-state index in [1.54, 1.807) is 18.7 Å². The summed E-state index contributed by atoms with van der Waals surface area (Å²) >= 11 is 1.59. The van der Waals surface area contributed by atoms with Crippen molar-refractivity contribution >= 4 is 17.6 Å². The van der Waals surface area contributed by atoms with Crippen molar-refractivity contribution in [1.29, 1.82) is 0 Å². The Kier molecular flexibility index (Phi) is 3.58. The Hall–Kier alpha value is -1.62. The van der Waals surface area contributed by atoms with Gasteiger partial charge in [-0.2, -0.15) is 0 Å². The van der Waals surface area contributed by atoms with Crippen molar-refractivity contribution in [2.24, 2.45) is 0 Å². The van der Waals surface area contributed by atoms with Crippen molar-refractivity contribution in [2.45, 2.75) is 17.6 Å². The van der Waals surface area contributed by atoms with Crippen molar-refractivity contribution in [3.63, 3.8) is 0 Å². The molecule has 2 N–H and O–H groups in total. The molecule has 88 valence electrons. The SMILES string of the molecule is Cc1nc(CSc2ccccc2)nc(N)c1F. The largest absolute Gasteiger partial charge is 0.381 e. The lowest BCUT2D eigenvalue weighted by Crippen LogP contribution is -2.04. The molecule has 0 saturated heterocycles. The number of aryl methyl sites for hydroxylation is 1. The highest BCUT2D eigenvalue weighted by atomic mass is 32.2. The number of rotatable bonds is 3. The van der Waals surface area contributed by atoms with E-state index in [0.29, 0.717) is 17.3 Å². The van der Waals surface area contributed by atoms with Gasteiger partial charge in [-0.05, 0) is 19.1 Å². The summed E-state index contributed by atoms with van der Waals surface area (Å²) in [6.07, 6.45) is 0. The Bertz CT molecular complexity index is 493. The van der Waals surface area contributed by atoms with Gasteiger partial charge in [-0.25, -0.2) is 14.4 Å². The molecule has 2 rings (SSSR count). The standard InChI is InChI=1S/C12H12FN3S/c1-8-11(13)12(14)16-10(15-8)7-17-9-5-3-2-4-6-9/h2-6H,7H2,1H3,(H2,14,15,16). The Morgan fingerprint density at radius 2 is 1.94 bits per heavy atom. The van der Waals surface area contributed by atoms with Crippen LogP contribution >= 0.6 is 11.8 Å². The number of thioether (sulfide) groups is 1. The van der Waals surface area contributed by atoms with Gasteiger partial charge in [0.25, 0.3) is 0 Å². The Labute approximate surface area is 103 Å². The maximum absolute atomic E-state index is 13.2. The van der Waals surface area contributed by atoms with Crippen molar-refractivity contribution < 1.29 is 4.39 Å². The first-order chi connectivity index (χ1) is 8.16. The van der Waals surface area contributed by atoms with Crippen LogP contribution in [0.15, 0.2) is 35.2 Å². The van der Waals surface area contributed by atoms with Crippen LogP contribution in [0.1, 0.15) is 11.5 Å². The first kappa shape index (κ1) is 11.9. The maximum Gasteiger partial charge on any atom is 0.186 e. The molecular formula is C12H12FN3S. The van der Waals surface area contributed by atoms with E-state index in [9.17, 15) is 4.39 Å². The second kappa shape index (κ2) is 5.14. The Balaban J connectivity index is 2.10. The third kappa shape index (κ3) is 2.94. The summed E-state index contributed by atoms with van der Waals surface area (Å²) < 4.78 is 13.2. The highest BCUT2D eigenvalue weighted by Crippen LogP contribution is 2.21. The molecule has 3 nitrogen and oxygen atoms in total. The molecule has 1 heterocycles. The lowest BCUT2D eigenvalue weighted by molar-refractivity contribution is 0.604. The second-order valence-electron chi connectivity index (χ2n) is 3.53. The molecule has 0 atom stereocenters. The molecule has 0 aliphatic rings. The minimum absolute atomic E-state index is 0.0823. The maximum atomic E-state index is 13.2. The number of aromatic nitrogens is 2. The summed E-state index contributed by atoms with van der Waals surface area (Å²) in [6.45, 7) is 1.59. The molecule has 2 aromatic rings. The van der Waals surface area contributed by atoms with Gasteiger partial charge < -0.3 is 5.73 Å². The van der Waals surface area contributed by atoms with Crippen LogP contribution in [-0.4, -0.2) is 9.97 Å². The summed E-state index contributed by atoms with van der Waals surface area (Å²) in [4.78, 5) is 9.10. The first-order valence-corrected chi connectivity index (χ1v) is 6.11. The van der Waals surface area contributed by atoms with Gasteiger partial charge in [-0.3, -0.25) is 0 Å². The highest BCUT2D eigenvalue weighted by molar-refractivity contribution is 7.98. The van der Waals surface area contributed by atoms with Crippen LogP contribution in [0, 0.1) is 12.7 Å². The second-order valence-corrected chi connectivity index (χ2v) is 4.57. The summed E-state index contributed by atoms with van der Waals surface area (Å²) in [7, 11) is 0. The molecule has 1 aromatic heterocycles. The molecule has 17 heavy (non-hydrogen) atoms. The van der Waals surface area contributed by atoms with E-state index in [0.717, 1.165) is 4.90 Å². The lowest BCUT2D eigenvalue weighted by Gasteiger charge is -2.04. The van der Waals surface area contributed by atoms with Crippen molar-refractivity contribution in [3.05, 3.63) is 47.7 Å². The fourth-order valence-electron chi connectivity index (χ4n) is 1.37. The van der Waals surface area contributed by atoms with E-state index in [2.05, 4.69) is 9.97 Å². The van der Waals surface area contributed by atoms with Gasteiger partial charge in [0.05, 0.1) is 11.4 Å². The van der Waals surface area contributed by atoms with Crippen LogP contribution in [0.2, 0.25) is 0 Å². The van der Waals surface area contributed by atoms with Crippen molar-refractivity contribution in [3.8, 4) is 0 Å². The van der Waals surface area contributed by atoms with Crippen LogP contribution in [-0.2, 0) is 5.75 Å². The summed E-state index contributed by atoms with van der Waals surface area (Å²) in [6, 6.07) is 9.90. The van der Waals surface area contributed by atoms with E-state index in [1.165, 1.54) is 0 Å². The van der Waals surface area contributed by atoms with Gasteiger partial charge >= 0.3 is 0 Å². The highest BCUT2D eigenvalue weighted by Gasteiger charge is 2.08. The van der Waals surface area contributed by atoms with E-state index < -0.39 is 5.82 Å².